The van der Waals surface area contributed by atoms with E-state index in [0.717, 1.165) is 17.8 Å². The van der Waals surface area contributed by atoms with Crippen molar-refractivity contribution in [3.63, 3.8) is 0 Å². The molecule has 0 spiro atoms. The second kappa shape index (κ2) is 5.31. The van der Waals surface area contributed by atoms with Gasteiger partial charge < -0.3 is 11.1 Å². The molecule has 2 aliphatic carbocycles. The fourth-order valence-corrected chi connectivity index (χ4v) is 2.87. The summed E-state index contributed by atoms with van der Waals surface area (Å²) in [5.74, 6) is 2.77. The third-order valence-corrected chi connectivity index (χ3v) is 4.15. The molecule has 0 saturated heterocycles. The molecule has 2 nitrogen and oxygen atoms in total. The first kappa shape index (κ1) is 11.4. The van der Waals surface area contributed by atoms with Crippen molar-refractivity contribution in [2.24, 2.45) is 23.5 Å². The average molecular weight is 210 g/mol. The number of nitrogens with one attached hydrogen (secondary N) is 1. The van der Waals surface area contributed by atoms with Crippen molar-refractivity contribution in [3.8, 4) is 0 Å². The zero-order valence-corrected chi connectivity index (χ0v) is 10.0. The minimum atomic E-state index is 0.478. The molecular formula is C13H26N2. The first-order valence-corrected chi connectivity index (χ1v) is 6.72. The number of hydrogen-bond acceptors (Lipinski definition) is 2. The Hall–Kier alpha value is -0.0800. The van der Waals surface area contributed by atoms with E-state index >= 15 is 0 Å². The molecule has 3 atom stereocenters. The van der Waals surface area contributed by atoms with Gasteiger partial charge in [0.25, 0.3) is 0 Å². The Labute approximate surface area is 94.0 Å². The molecule has 0 aromatic heterocycles. The van der Waals surface area contributed by atoms with E-state index < -0.39 is 0 Å². The molecule has 0 bridgehead atoms. The Kier molecular flexibility index (Phi) is 4.04. The topological polar surface area (TPSA) is 38.0 Å². The molecule has 0 heterocycles. The molecule has 0 aromatic rings. The summed E-state index contributed by atoms with van der Waals surface area (Å²) in [6, 6.07) is 0.478. The molecule has 2 fully saturated rings. The van der Waals surface area contributed by atoms with E-state index in [4.69, 9.17) is 5.73 Å². The van der Waals surface area contributed by atoms with Gasteiger partial charge in [0.1, 0.15) is 0 Å². The van der Waals surface area contributed by atoms with Crippen molar-refractivity contribution in [1.82, 2.24) is 5.32 Å². The molecular weight excluding hydrogens is 184 g/mol. The van der Waals surface area contributed by atoms with Crippen molar-refractivity contribution < 1.29 is 0 Å². The first-order chi connectivity index (χ1) is 7.25. The van der Waals surface area contributed by atoms with Crippen LogP contribution >= 0.6 is 0 Å². The van der Waals surface area contributed by atoms with E-state index in [9.17, 15) is 0 Å². The average Bonchev–Trinajstić information content (AvgIpc) is 3.00. The Bertz CT molecular complexity index is 189. The third kappa shape index (κ3) is 3.76. The van der Waals surface area contributed by atoms with Gasteiger partial charge in [0.2, 0.25) is 0 Å². The predicted molar refractivity (Wildman–Crippen MR) is 64.7 cm³/mol. The van der Waals surface area contributed by atoms with Gasteiger partial charge in [-0.05, 0) is 62.9 Å². The van der Waals surface area contributed by atoms with Crippen LogP contribution in [-0.4, -0.2) is 19.1 Å². The summed E-state index contributed by atoms with van der Waals surface area (Å²) in [7, 11) is 0. The van der Waals surface area contributed by atoms with Crippen LogP contribution in [0.15, 0.2) is 0 Å². The smallest absolute Gasteiger partial charge is 0.00419 e. The Morgan fingerprint density at radius 2 is 2.07 bits per heavy atom. The van der Waals surface area contributed by atoms with Crippen molar-refractivity contribution in [2.75, 3.05) is 13.1 Å². The quantitative estimate of drug-likeness (QED) is 0.729. The highest BCUT2D eigenvalue weighted by Gasteiger charge is 2.27. The second-order valence-corrected chi connectivity index (χ2v) is 5.77. The fraction of sp³-hybridized carbons (Fsp3) is 1.00. The monoisotopic (exact) mass is 210 g/mol. The normalized spacial score (nSPS) is 34.0. The van der Waals surface area contributed by atoms with Crippen LogP contribution in [0.2, 0.25) is 0 Å². The van der Waals surface area contributed by atoms with E-state index in [1.165, 1.54) is 51.6 Å². The van der Waals surface area contributed by atoms with Gasteiger partial charge in [-0.25, -0.2) is 0 Å². The lowest BCUT2D eigenvalue weighted by atomic mass is 9.86. The molecule has 15 heavy (non-hydrogen) atoms. The maximum absolute atomic E-state index is 5.99. The highest BCUT2D eigenvalue weighted by molar-refractivity contribution is 4.81. The standard InChI is InChI=1S/C13H26N2/c1-10(12-5-6-12)8-15-9-11-3-2-4-13(14)7-11/h10-13,15H,2-9,14H2,1H3. The number of hydrogen-bond donors (Lipinski definition) is 2. The summed E-state index contributed by atoms with van der Waals surface area (Å²) in [6.07, 6.45) is 8.15. The summed E-state index contributed by atoms with van der Waals surface area (Å²) >= 11 is 0. The molecule has 0 aliphatic heterocycles. The van der Waals surface area contributed by atoms with Gasteiger partial charge >= 0.3 is 0 Å². The predicted octanol–water partition coefficient (Wildman–Crippen LogP) is 2.14. The Morgan fingerprint density at radius 1 is 1.27 bits per heavy atom. The van der Waals surface area contributed by atoms with E-state index in [-0.39, 0.29) is 0 Å². The molecule has 3 N–H and O–H groups in total. The summed E-state index contributed by atoms with van der Waals surface area (Å²) < 4.78 is 0. The van der Waals surface area contributed by atoms with Crippen LogP contribution in [0.5, 0.6) is 0 Å². The fourth-order valence-electron chi connectivity index (χ4n) is 2.87. The van der Waals surface area contributed by atoms with Crippen molar-refractivity contribution in [3.05, 3.63) is 0 Å². The van der Waals surface area contributed by atoms with Gasteiger partial charge in [-0.3, -0.25) is 0 Å². The van der Waals surface area contributed by atoms with Crippen LogP contribution in [0, 0.1) is 17.8 Å². The molecule has 2 aliphatic rings. The SMILES string of the molecule is CC(CNCC1CCCC(N)C1)C1CC1. The number of rotatable bonds is 5. The van der Waals surface area contributed by atoms with Crippen molar-refractivity contribution >= 4 is 0 Å². The molecule has 0 amide bonds. The highest BCUT2D eigenvalue weighted by atomic mass is 14.9. The maximum Gasteiger partial charge on any atom is 0.00419 e. The van der Waals surface area contributed by atoms with Gasteiger partial charge in [-0.2, -0.15) is 0 Å². The van der Waals surface area contributed by atoms with Crippen LogP contribution < -0.4 is 11.1 Å². The van der Waals surface area contributed by atoms with Crippen molar-refractivity contribution in [2.45, 2.75) is 51.5 Å². The molecule has 88 valence electrons. The molecule has 2 rings (SSSR count). The number of nitrogens with two attached hydrogens (primary N) is 1. The lowest BCUT2D eigenvalue weighted by Gasteiger charge is -2.27. The summed E-state index contributed by atoms with van der Waals surface area (Å²) in [5.41, 5.74) is 5.99. The molecule has 3 unspecified atom stereocenters. The van der Waals surface area contributed by atoms with Crippen LogP contribution in [0.4, 0.5) is 0 Å². The zero-order valence-electron chi connectivity index (χ0n) is 10.0. The molecule has 0 aromatic carbocycles. The Balaban J connectivity index is 1.56. The van der Waals surface area contributed by atoms with E-state index in [2.05, 4.69) is 12.2 Å². The second-order valence-electron chi connectivity index (χ2n) is 5.77. The minimum absolute atomic E-state index is 0.478. The molecule has 0 radical (unpaired) electrons. The van der Waals surface area contributed by atoms with E-state index in [0.29, 0.717) is 6.04 Å². The third-order valence-electron chi connectivity index (χ3n) is 4.15. The highest BCUT2D eigenvalue weighted by Crippen LogP contribution is 2.36. The van der Waals surface area contributed by atoms with E-state index in [1.807, 2.05) is 0 Å². The summed E-state index contributed by atoms with van der Waals surface area (Å²) in [6.45, 7) is 4.80. The van der Waals surface area contributed by atoms with Crippen LogP contribution in [0.3, 0.4) is 0 Å². The maximum atomic E-state index is 5.99. The Morgan fingerprint density at radius 3 is 2.73 bits per heavy atom. The van der Waals surface area contributed by atoms with Crippen LogP contribution in [0.1, 0.15) is 45.4 Å². The first-order valence-electron chi connectivity index (χ1n) is 6.72. The van der Waals surface area contributed by atoms with Gasteiger partial charge in [0, 0.05) is 6.04 Å². The largest absolute Gasteiger partial charge is 0.328 e. The van der Waals surface area contributed by atoms with Gasteiger partial charge in [-0.15, -0.1) is 0 Å². The van der Waals surface area contributed by atoms with E-state index in [1.54, 1.807) is 0 Å². The summed E-state index contributed by atoms with van der Waals surface area (Å²) in [4.78, 5) is 0. The minimum Gasteiger partial charge on any atom is -0.328 e. The zero-order chi connectivity index (χ0) is 10.7. The summed E-state index contributed by atoms with van der Waals surface area (Å²) in [5, 5.41) is 3.64. The van der Waals surface area contributed by atoms with Crippen molar-refractivity contribution in [1.29, 1.82) is 0 Å². The van der Waals surface area contributed by atoms with Gasteiger partial charge in [0.15, 0.2) is 0 Å². The van der Waals surface area contributed by atoms with Crippen LogP contribution in [-0.2, 0) is 0 Å². The van der Waals surface area contributed by atoms with Crippen LogP contribution in [0.25, 0.3) is 0 Å². The van der Waals surface area contributed by atoms with Gasteiger partial charge in [-0.1, -0.05) is 13.3 Å². The molecule has 2 saturated carbocycles. The van der Waals surface area contributed by atoms with Gasteiger partial charge in [0.05, 0.1) is 0 Å². The molecule has 2 heteroatoms. The lowest BCUT2D eigenvalue weighted by Crippen LogP contribution is -2.34. The lowest BCUT2D eigenvalue weighted by molar-refractivity contribution is 0.303.